The minimum atomic E-state index is -3.36. The maximum atomic E-state index is 12.1. The summed E-state index contributed by atoms with van der Waals surface area (Å²) in [6.07, 6.45) is 6.20. The van der Waals surface area contributed by atoms with Gasteiger partial charge in [0.2, 0.25) is 10.0 Å². The van der Waals surface area contributed by atoms with Gasteiger partial charge in [0.15, 0.2) is 11.5 Å². The average molecular weight is 519 g/mol. The summed E-state index contributed by atoms with van der Waals surface area (Å²) < 4.78 is 27.3. The molecule has 8 nitrogen and oxygen atoms in total. The van der Waals surface area contributed by atoms with E-state index in [2.05, 4.69) is 41.5 Å². The molecule has 0 saturated carbocycles. The number of hydrogen-bond donors (Lipinski definition) is 1. The zero-order valence-electron chi connectivity index (χ0n) is 21.6. The third-order valence-corrected chi connectivity index (χ3v) is 8.43. The van der Waals surface area contributed by atoms with E-state index in [0.29, 0.717) is 24.6 Å². The van der Waals surface area contributed by atoms with Crippen LogP contribution in [0.25, 0.3) is 5.65 Å². The SMILES string of the molecule is CN1CCC(c2ccc(Cc3nc4c(NCc5ccccc5N(C)S(C)(=O)=O)cccn4n3)cc2)CC1. The van der Waals surface area contributed by atoms with Gasteiger partial charge in [-0.2, -0.15) is 5.10 Å². The number of rotatable bonds is 8. The van der Waals surface area contributed by atoms with Crippen molar-refractivity contribution in [3.05, 3.63) is 89.4 Å². The maximum Gasteiger partial charge on any atom is 0.232 e. The third-order valence-electron chi connectivity index (χ3n) is 7.24. The molecule has 37 heavy (non-hydrogen) atoms. The number of aromatic nitrogens is 3. The maximum absolute atomic E-state index is 12.1. The number of likely N-dealkylation sites (tertiary alicyclic amines) is 1. The smallest absolute Gasteiger partial charge is 0.232 e. The molecule has 1 aliphatic heterocycles. The molecule has 4 aromatic rings. The van der Waals surface area contributed by atoms with Crippen LogP contribution in [-0.4, -0.2) is 61.4 Å². The van der Waals surface area contributed by atoms with Gasteiger partial charge in [-0.25, -0.2) is 17.9 Å². The van der Waals surface area contributed by atoms with Crippen LogP contribution in [0.3, 0.4) is 0 Å². The molecule has 0 spiro atoms. The second kappa shape index (κ2) is 10.5. The predicted molar refractivity (Wildman–Crippen MR) is 149 cm³/mol. The third kappa shape index (κ3) is 5.78. The molecule has 0 amide bonds. The Balaban J connectivity index is 1.30. The molecule has 1 N–H and O–H groups in total. The van der Waals surface area contributed by atoms with E-state index in [1.165, 1.54) is 34.5 Å². The molecule has 1 aliphatic rings. The molecule has 0 atom stereocenters. The van der Waals surface area contributed by atoms with Crippen molar-refractivity contribution in [2.24, 2.45) is 0 Å². The first kappa shape index (κ1) is 25.2. The first-order valence-corrected chi connectivity index (χ1v) is 14.5. The Morgan fingerprint density at radius 1 is 1.03 bits per heavy atom. The number of pyridine rings is 1. The Kier molecular flexibility index (Phi) is 7.17. The van der Waals surface area contributed by atoms with Crippen LogP contribution in [0.15, 0.2) is 66.9 Å². The van der Waals surface area contributed by atoms with Gasteiger partial charge in [-0.15, -0.1) is 0 Å². The zero-order valence-corrected chi connectivity index (χ0v) is 22.4. The van der Waals surface area contributed by atoms with E-state index >= 15 is 0 Å². The summed E-state index contributed by atoms with van der Waals surface area (Å²) in [5, 5.41) is 8.12. The van der Waals surface area contributed by atoms with Crippen molar-refractivity contribution in [1.29, 1.82) is 0 Å². The van der Waals surface area contributed by atoms with E-state index in [4.69, 9.17) is 10.1 Å². The van der Waals surface area contributed by atoms with Crippen LogP contribution < -0.4 is 9.62 Å². The number of nitrogens with one attached hydrogen (secondary N) is 1. The summed E-state index contributed by atoms with van der Waals surface area (Å²) in [4.78, 5) is 7.21. The average Bonchev–Trinajstić information content (AvgIpc) is 3.31. The van der Waals surface area contributed by atoms with Crippen molar-refractivity contribution in [3.8, 4) is 0 Å². The van der Waals surface area contributed by atoms with Crippen LogP contribution in [-0.2, 0) is 23.0 Å². The van der Waals surface area contributed by atoms with Crippen LogP contribution in [0.5, 0.6) is 0 Å². The molecule has 0 unspecified atom stereocenters. The Morgan fingerprint density at radius 3 is 2.49 bits per heavy atom. The van der Waals surface area contributed by atoms with Crippen molar-refractivity contribution >= 4 is 27.0 Å². The number of piperidine rings is 1. The quantitative estimate of drug-likeness (QED) is 0.378. The second-order valence-corrected chi connectivity index (χ2v) is 11.9. The van der Waals surface area contributed by atoms with Gasteiger partial charge >= 0.3 is 0 Å². The summed E-state index contributed by atoms with van der Waals surface area (Å²) in [5.74, 6) is 1.41. The van der Waals surface area contributed by atoms with Gasteiger partial charge in [0.25, 0.3) is 0 Å². The molecule has 0 radical (unpaired) electrons. The first-order valence-electron chi connectivity index (χ1n) is 12.7. The highest BCUT2D eigenvalue weighted by molar-refractivity contribution is 7.92. The zero-order chi connectivity index (χ0) is 26.0. The number of benzene rings is 2. The molecule has 0 bridgehead atoms. The highest BCUT2D eigenvalue weighted by Crippen LogP contribution is 2.28. The van der Waals surface area contributed by atoms with Crippen molar-refractivity contribution in [3.63, 3.8) is 0 Å². The Bertz CT molecular complexity index is 1470. The molecule has 1 fully saturated rings. The predicted octanol–water partition coefficient (Wildman–Crippen LogP) is 4.14. The van der Waals surface area contributed by atoms with E-state index in [-0.39, 0.29) is 0 Å². The monoisotopic (exact) mass is 518 g/mol. The van der Waals surface area contributed by atoms with Gasteiger partial charge < -0.3 is 10.2 Å². The lowest BCUT2D eigenvalue weighted by Gasteiger charge is -2.29. The van der Waals surface area contributed by atoms with Gasteiger partial charge in [0.05, 0.1) is 17.6 Å². The minimum absolute atomic E-state index is 0.455. The van der Waals surface area contributed by atoms with Gasteiger partial charge in [-0.1, -0.05) is 42.5 Å². The topological polar surface area (TPSA) is 82.8 Å². The molecular formula is C28H34N6O2S. The van der Waals surface area contributed by atoms with Crippen LogP contribution in [0, 0.1) is 0 Å². The highest BCUT2D eigenvalue weighted by atomic mass is 32.2. The molecule has 0 aliphatic carbocycles. The number of para-hydroxylation sites is 1. The standard InChI is InChI=1S/C28H34N6O2S/c1-32-17-14-23(15-18-32)22-12-10-21(11-13-22)19-27-30-28-25(8-6-16-34(28)31-27)29-20-24-7-4-5-9-26(24)33(2)37(3,35)36/h4-13,16,23,29H,14-15,17-20H2,1-3H3. The van der Waals surface area contributed by atoms with Crippen molar-refractivity contribution in [2.75, 3.05) is 43.1 Å². The lowest BCUT2D eigenvalue weighted by atomic mass is 9.89. The molecule has 194 valence electrons. The molecule has 1 saturated heterocycles. The minimum Gasteiger partial charge on any atom is -0.378 e. The molecule has 2 aromatic carbocycles. The molecular weight excluding hydrogens is 484 g/mol. The summed E-state index contributed by atoms with van der Waals surface area (Å²) in [6, 6.07) is 20.3. The number of nitrogens with zero attached hydrogens (tertiary/aromatic N) is 5. The van der Waals surface area contributed by atoms with Crippen LogP contribution in [0.2, 0.25) is 0 Å². The Labute approximate surface area is 219 Å². The second-order valence-electron chi connectivity index (χ2n) is 9.93. The Morgan fingerprint density at radius 2 is 1.76 bits per heavy atom. The first-order chi connectivity index (χ1) is 17.8. The molecule has 2 aromatic heterocycles. The molecule has 3 heterocycles. The summed E-state index contributed by atoms with van der Waals surface area (Å²) in [7, 11) is 0.406. The van der Waals surface area contributed by atoms with Crippen molar-refractivity contribution < 1.29 is 8.42 Å². The van der Waals surface area contributed by atoms with Crippen molar-refractivity contribution in [2.45, 2.75) is 31.7 Å². The fourth-order valence-corrected chi connectivity index (χ4v) is 5.47. The summed E-state index contributed by atoms with van der Waals surface area (Å²) in [6.45, 7) is 2.78. The van der Waals surface area contributed by atoms with Gasteiger partial charge in [-0.3, -0.25) is 4.31 Å². The van der Waals surface area contributed by atoms with E-state index in [9.17, 15) is 8.42 Å². The van der Waals surface area contributed by atoms with Crippen molar-refractivity contribution in [1.82, 2.24) is 19.5 Å². The van der Waals surface area contributed by atoms with Gasteiger partial charge in [0.1, 0.15) is 0 Å². The lowest BCUT2D eigenvalue weighted by Crippen LogP contribution is -2.29. The number of anilines is 2. The van der Waals surface area contributed by atoms with Crippen LogP contribution in [0.4, 0.5) is 11.4 Å². The fourth-order valence-electron chi connectivity index (χ4n) is 4.93. The summed E-state index contributed by atoms with van der Waals surface area (Å²) >= 11 is 0. The number of sulfonamides is 1. The Hall–Kier alpha value is -3.43. The van der Waals surface area contributed by atoms with E-state index in [0.717, 1.165) is 35.8 Å². The van der Waals surface area contributed by atoms with Gasteiger partial charge in [0, 0.05) is 26.2 Å². The lowest BCUT2D eigenvalue weighted by molar-refractivity contribution is 0.255. The molecule has 5 rings (SSSR count). The molecule has 9 heteroatoms. The van der Waals surface area contributed by atoms with E-state index < -0.39 is 10.0 Å². The summed E-state index contributed by atoms with van der Waals surface area (Å²) in [5.41, 5.74) is 5.73. The largest absolute Gasteiger partial charge is 0.378 e. The normalized spacial score (nSPS) is 15.2. The van der Waals surface area contributed by atoms with Gasteiger partial charge in [-0.05, 0) is 73.8 Å². The number of fused-ring (bicyclic) bond motifs is 1. The van der Waals surface area contributed by atoms with Crippen LogP contribution >= 0.6 is 0 Å². The van der Waals surface area contributed by atoms with E-state index in [1.54, 1.807) is 11.6 Å². The number of hydrogen-bond acceptors (Lipinski definition) is 6. The highest BCUT2D eigenvalue weighted by Gasteiger charge is 2.19. The van der Waals surface area contributed by atoms with E-state index in [1.807, 2.05) is 42.6 Å². The fraction of sp³-hybridized carbons (Fsp3) is 0.357. The van der Waals surface area contributed by atoms with Crippen LogP contribution in [0.1, 0.15) is 41.3 Å².